The standard InChI is InChI=1S/C14H27N3O2.ClH/c1-10(18)16-9-11-5-7-17(8-6-11)13(19)12(15)14(2,3)4;/h11-12H,5-9,15H2,1-4H3,(H,16,18);1H/t12-;/m1./s1. The summed E-state index contributed by atoms with van der Waals surface area (Å²) in [5, 5.41) is 2.84. The van der Waals surface area contributed by atoms with Crippen molar-refractivity contribution < 1.29 is 9.59 Å². The third-order valence-corrected chi connectivity index (χ3v) is 3.76. The lowest BCUT2D eigenvalue weighted by Gasteiger charge is -2.36. The second-order valence-electron chi connectivity index (χ2n) is 6.55. The van der Waals surface area contributed by atoms with Gasteiger partial charge in [0, 0.05) is 26.6 Å². The lowest BCUT2D eigenvalue weighted by atomic mass is 9.86. The number of nitrogens with two attached hydrogens (primary N) is 1. The first kappa shape index (κ1) is 19.2. The molecule has 0 aromatic rings. The lowest BCUT2D eigenvalue weighted by Crippen LogP contribution is -2.52. The Hall–Kier alpha value is -0.810. The predicted octanol–water partition coefficient (Wildman–Crippen LogP) is 1.16. The molecule has 1 saturated heterocycles. The first-order valence-electron chi connectivity index (χ1n) is 7.00. The molecule has 1 heterocycles. The number of nitrogens with zero attached hydrogens (tertiary/aromatic N) is 1. The van der Waals surface area contributed by atoms with Gasteiger partial charge in [0.2, 0.25) is 11.8 Å². The number of amides is 2. The smallest absolute Gasteiger partial charge is 0.240 e. The summed E-state index contributed by atoms with van der Waals surface area (Å²) in [5.74, 6) is 0.526. The van der Waals surface area contributed by atoms with Crippen LogP contribution in [0.15, 0.2) is 0 Å². The molecule has 6 heteroatoms. The van der Waals surface area contributed by atoms with Crippen LogP contribution in [0, 0.1) is 11.3 Å². The van der Waals surface area contributed by atoms with Crippen LogP contribution in [0.2, 0.25) is 0 Å². The fourth-order valence-electron chi connectivity index (χ4n) is 2.21. The summed E-state index contributed by atoms with van der Waals surface area (Å²) in [7, 11) is 0. The third-order valence-electron chi connectivity index (χ3n) is 3.76. The van der Waals surface area contributed by atoms with E-state index in [1.165, 1.54) is 6.92 Å². The highest BCUT2D eigenvalue weighted by molar-refractivity contribution is 5.85. The van der Waals surface area contributed by atoms with E-state index in [9.17, 15) is 9.59 Å². The highest BCUT2D eigenvalue weighted by atomic mass is 35.5. The van der Waals surface area contributed by atoms with Crippen LogP contribution < -0.4 is 11.1 Å². The number of likely N-dealkylation sites (tertiary alicyclic amines) is 1. The average Bonchev–Trinajstić information content (AvgIpc) is 2.34. The van der Waals surface area contributed by atoms with E-state index >= 15 is 0 Å². The molecule has 1 atom stereocenters. The Kier molecular flexibility index (Phi) is 7.52. The van der Waals surface area contributed by atoms with Gasteiger partial charge in [0.05, 0.1) is 6.04 Å². The van der Waals surface area contributed by atoms with Crippen molar-refractivity contribution in [2.45, 2.75) is 46.6 Å². The zero-order chi connectivity index (χ0) is 14.6. The van der Waals surface area contributed by atoms with Gasteiger partial charge in [-0.2, -0.15) is 0 Å². The Morgan fingerprint density at radius 3 is 2.20 bits per heavy atom. The highest BCUT2D eigenvalue weighted by Gasteiger charge is 2.32. The van der Waals surface area contributed by atoms with Gasteiger partial charge in [-0.3, -0.25) is 9.59 Å². The minimum atomic E-state index is -0.445. The van der Waals surface area contributed by atoms with E-state index < -0.39 is 6.04 Å². The maximum absolute atomic E-state index is 12.2. The Balaban J connectivity index is 0.00000361. The van der Waals surface area contributed by atoms with Gasteiger partial charge in [-0.05, 0) is 24.2 Å². The second-order valence-corrected chi connectivity index (χ2v) is 6.55. The van der Waals surface area contributed by atoms with Crippen molar-refractivity contribution in [3.05, 3.63) is 0 Å². The Morgan fingerprint density at radius 1 is 1.30 bits per heavy atom. The lowest BCUT2D eigenvalue weighted by molar-refractivity contribution is -0.136. The van der Waals surface area contributed by atoms with Gasteiger partial charge in [-0.1, -0.05) is 20.8 Å². The number of carbonyl (C=O) groups is 2. The molecule has 0 bridgehead atoms. The fourth-order valence-corrected chi connectivity index (χ4v) is 2.21. The van der Waals surface area contributed by atoms with Crippen LogP contribution in [0.1, 0.15) is 40.5 Å². The molecule has 0 spiro atoms. The Bertz CT molecular complexity index is 334. The van der Waals surface area contributed by atoms with Crippen LogP contribution >= 0.6 is 12.4 Å². The molecule has 1 aliphatic rings. The van der Waals surface area contributed by atoms with E-state index in [-0.39, 0.29) is 29.6 Å². The molecule has 2 amide bonds. The SMILES string of the molecule is CC(=O)NCC1CCN(C(=O)[C@@H](N)C(C)(C)C)CC1.Cl. The largest absolute Gasteiger partial charge is 0.356 e. The molecule has 0 aliphatic carbocycles. The number of rotatable bonds is 3. The topological polar surface area (TPSA) is 75.4 Å². The third kappa shape index (κ3) is 5.67. The van der Waals surface area contributed by atoms with E-state index in [0.29, 0.717) is 12.5 Å². The Labute approximate surface area is 128 Å². The van der Waals surface area contributed by atoms with Crippen molar-refractivity contribution in [1.29, 1.82) is 0 Å². The van der Waals surface area contributed by atoms with Gasteiger partial charge in [0.15, 0.2) is 0 Å². The molecule has 118 valence electrons. The number of hydrogen-bond acceptors (Lipinski definition) is 3. The van der Waals surface area contributed by atoms with Gasteiger partial charge in [-0.15, -0.1) is 12.4 Å². The van der Waals surface area contributed by atoms with Crippen molar-refractivity contribution in [3.8, 4) is 0 Å². The maximum atomic E-state index is 12.2. The fraction of sp³-hybridized carbons (Fsp3) is 0.857. The van der Waals surface area contributed by atoms with Crippen LogP contribution in [-0.2, 0) is 9.59 Å². The summed E-state index contributed by atoms with van der Waals surface area (Å²) in [6.45, 7) is 9.68. The number of halogens is 1. The molecule has 20 heavy (non-hydrogen) atoms. The summed E-state index contributed by atoms with van der Waals surface area (Å²) >= 11 is 0. The molecule has 0 aromatic heterocycles. The molecular weight excluding hydrogens is 278 g/mol. The summed E-state index contributed by atoms with van der Waals surface area (Å²) in [4.78, 5) is 25.0. The number of hydrogen-bond donors (Lipinski definition) is 2. The minimum absolute atomic E-state index is 0. The monoisotopic (exact) mass is 305 g/mol. The summed E-state index contributed by atoms with van der Waals surface area (Å²) in [5.41, 5.74) is 5.81. The summed E-state index contributed by atoms with van der Waals surface area (Å²) < 4.78 is 0. The van der Waals surface area contributed by atoms with Gasteiger partial charge in [0.1, 0.15) is 0 Å². The minimum Gasteiger partial charge on any atom is -0.356 e. The van der Waals surface area contributed by atoms with Crippen molar-refractivity contribution in [1.82, 2.24) is 10.2 Å². The van der Waals surface area contributed by atoms with Crippen molar-refractivity contribution in [2.75, 3.05) is 19.6 Å². The quantitative estimate of drug-likeness (QED) is 0.821. The zero-order valence-electron chi connectivity index (χ0n) is 12.9. The zero-order valence-corrected chi connectivity index (χ0v) is 13.8. The molecule has 0 saturated carbocycles. The molecule has 0 radical (unpaired) electrons. The number of carbonyl (C=O) groups excluding carboxylic acids is 2. The average molecular weight is 306 g/mol. The predicted molar refractivity (Wildman–Crippen MR) is 82.7 cm³/mol. The molecular formula is C14H28ClN3O2. The van der Waals surface area contributed by atoms with E-state index in [1.807, 2.05) is 25.7 Å². The summed E-state index contributed by atoms with van der Waals surface area (Å²) in [6.07, 6.45) is 1.87. The second kappa shape index (κ2) is 7.84. The van der Waals surface area contributed by atoms with Gasteiger partial charge in [0.25, 0.3) is 0 Å². The first-order chi connectivity index (χ1) is 8.71. The van der Waals surface area contributed by atoms with E-state index in [1.54, 1.807) is 0 Å². The van der Waals surface area contributed by atoms with E-state index in [2.05, 4.69) is 5.32 Å². The van der Waals surface area contributed by atoms with E-state index in [0.717, 1.165) is 25.9 Å². The van der Waals surface area contributed by atoms with Gasteiger partial charge in [-0.25, -0.2) is 0 Å². The van der Waals surface area contributed by atoms with Gasteiger partial charge >= 0.3 is 0 Å². The number of nitrogens with one attached hydrogen (secondary N) is 1. The molecule has 0 unspecified atom stereocenters. The van der Waals surface area contributed by atoms with Crippen LogP contribution in [0.3, 0.4) is 0 Å². The van der Waals surface area contributed by atoms with Crippen molar-refractivity contribution in [3.63, 3.8) is 0 Å². The van der Waals surface area contributed by atoms with Crippen LogP contribution in [0.5, 0.6) is 0 Å². The molecule has 1 rings (SSSR count). The highest BCUT2D eigenvalue weighted by Crippen LogP contribution is 2.22. The molecule has 1 aliphatic heterocycles. The molecule has 3 N–H and O–H groups in total. The normalized spacial score (nSPS) is 18.1. The van der Waals surface area contributed by atoms with Crippen LogP contribution in [-0.4, -0.2) is 42.4 Å². The maximum Gasteiger partial charge on any atom is 0.240 e. The van der Waals surface area contributed by atoms with Crippen molar-refractivity contribution in [2.24, 2.45) is 17.1 Å². The van der Waals surface area contributed by atoms with Crippen molar-refractivity contribution >= 4 is 24.2 Å². The molecule has 1 fully saturated rings. The van der Waals surface area contributed by atoms with Crippen LogP contribution in [0.4, 0.5) is 0 Å². The first-order valence-corrected chi connectivity index (χ1v) is 7.00. The number of piperidine rings is 1. The molecule has 5 nitrogen and oxygen atoms in total. The van der Waals surface area contributed by atoms with E-state index in [4.69, 9.17) is 5.73 Å². The van der Waals surface area contributed by atoms with Gasteiger partial charge < -0.3 is 16.0 Å². The molecule has 0 aromatic carbocycles. The summed E-state index contributed by atoms with van der Waals surface area (Å²) in [6, 6.07) is -0.445. The Morgan fingerprint density at radius 2 is 1.80 bits per heavy atom. The van der Waals surface area contributed by atoms with Crippen LogP contribution in [0.25, 0.3) is 0 Å².